The number of aliphatic carboxylic acids is 2. The zero-order chi connectivity index (χ0) is 12.8. The van der Waals surface area contributed by atoms with Crippen LogP contribution in [0.25, 0.3) is 0 Å². The number of anilines is 1. The largest absolute Gasteiger partial charge is 0.476 e. The van der Waals surface area contributed by atoms with E-state index in [4.69, 9.17) is 10.2 Å². The van der Waals surface area contributed by atoms with Gasteiger partial charge in [-0.15, -0.1) is 0 Å². The Hall–Kier alpha value is -2.37. The van der Waals surface area contributed by atoms with Crippen LogP contribution >= 0.6 is 0 Å². The Kier molecular flexibility index (Phi) is 4.21. The lowest BCUT2D eigenvalue weighted by atomic mass is 10.1. The summed E-state index contributed by atoms with van der Waals surface area (Å²) < 4.78 is 0. The predicted octanol–water partition coefficient (Wildman–Crippen LogP) is 1.19. The van der Waals surface area contributed by atoms with Gasteiger partial charge in [0, 0.05) is 0 Å². The summed E-state index contributed by atoms with van der Waals surface area (Å²) in [5.41, 5.74) is 3.02. The second-order valence-electron chi connectivity index (χ2n) is 3.19. The van der Waals surface area contributed by atoms with Gasteiger partial charge in [0.1, 0.15) is 0 Å². The molecule has 0 aliphatic rings. The van der Waals surface area contributed by atoms with Gasteiger partial charge in [0.2, 0.25) is 0 Å². The molecule has 0 radical (unpaired) electrons. The summed E-state index contributed by atoms with van der Waals surface area (Å²) in [6.45, 7) is 1.93. The first-order valence-electron chi connectivity index (χ1n) is 4.94. The molecule has 0 aromatic heterocycles. The second kappa shape index (κ2) is 5.64. The molecule has 0 spiro atoms. The number of carboxylic acids is 2. The molecule has 0 amide bonds. The van der Waals surface area contributed by atoms with E-state index in [9.17, 15) is 9.59 Å². The van der Waals surface area contributed by atoms with Crippen LogP contribution in [0.2, 0.25) is 0 Å². The van der Waals surface area contributed by atoms with Crippen LogP contribution in [0.4, 0.5) is 5.69 Å². The van der Waals surface area contributed by atoms with Crippen LogP contribution in [0.1, 0.15) is 12.5 Å². The molecule has 0 atom stereocenters. The summed E-state index contributed by atoms with van der Waals surface area (Å²) in [6, 6.07) is 7.13. The number of aryl methyl sites for hydroxylation is 1. The molecule has 90 valence electrons. The molecule has 0 saturated heterocycles. The molecule has 0 fully saturated rings. The first-order valence-corrected chi connectivity index (χ1v) is 4.94. The van der Waals surface area contributed by atoms with Crippen molar-refractivity contribution in [1.82, 2.24) is 0 Å². The van der Waals surface area contributed by atoms with E-state index in [0.717, 1.165) is 12.0 Å². The van der Waals surface area contributed by atoms with Crippen LogP contribution in [-0.2, 0) is 16.0 Å². The van der Waals surface area contributed by atoms with Crippen LogP contribution in [0.15, 0.2) is 29.4 Å². The minimum absolute atomic E-state index is 0.593. The molecule has 1 aromatic carbocycles. The van der Waals surface area contributed by atoms with E-state index in [-0.39, 0.29) is 0 Å². The Morgan fingerprint density at radius 3 is 2.35 bits per heavy atom. The fraction of sp³-hybridized carbons (Fsp3) is 0.182. The van der Waals surface area contributed by atoms with Gasteiger partial charge in [-0.3, -0.25) is 5.43 Å². The van der Waals surface area contributed by atoms with Gasteiger partial charge in [0.05, 0.1) is 5.69 Å². The summed E-state index contributed by atoms with van der Waals surface area (Å²) >= 11 is 0. The number of benzene rings is 1. The minimum Gasteiger partial charge on any atom is -0.476 e. The highest BCUT2D eigenvalue weighted by Crippen LogP contribution is 2.15. The fourth-order valence-electron chi connectivity index (χ4n) is 1.24. The zero-order valence-corrected chi connectivity index (χ0v) is 9.17. The first kappa shape index (κ1) is 12.7. The van der Waals surface area contributed by atoms with Crippen molar-refractivity contribution in [3.05, 3.63) is 29.8 Å². The predicted molar refractivity (Wildman–Crippen MR) is 62.1 cm³/mol. The number of hydrogen-bond donors (Lipinski definition) is 3. The number of nitrogens with zero attached hydrogens (tertiary/aromatic N) is 1. The maximum absolute atomic E-state index is 10.6. The van der Waals surface area contributed by atoms with Crippen LogP contribution in [0.5, 0.6) is 0 Å². The zero-order valence-electron chi connectivity index (χ0n) is 9.17. The molecule has 1 rings (SSSR count). The molecular formula is C11H12N2O4. The Morgan fingerprint density at radius 1 is 1.24 bits per heavy atom. The molecule has 6 heteroatoms. The second-order valence-corrected chi connectivity index (χ2v) is 3.19. The van der Waals surface area contributed by atoms with Gasteiger partial charge in [-0.1, -0.05) is 25.1 Å². The molecule has 0 bridgehead atoms. The maximum Gasteiger partial charge on any atom is 0.364 e. The van der Waals surface area contributed by atoms with E-state index >= 15 is 0 Å². The normalized spacial score (nSPS) is 9.47. The fourth-order valence-corrected chi connectivity index (χ4v) is 1.24. The molecule has 0 heterocycles. The Balaban J connectivity index is 2.94. The van der Waals surface area contributed by atoms with Gasteiger partial charge in [0.25, 0.3) is 5.71 Å². The average Bonchev–Trinajstić information content (AvgIpc) is 2.29. The third kappa shape index (κ3) is 3.30. The van der Waals surface area contributed by atoms with Gasteiger partial charge in [-0.2, -0.15) is 5.10 Å². The van der Waals surface area contributed by atoms with Crippen molar-refractivity contribution < 1.29 is 19.8 Å². The van der Waals surface area contributed by atoms with Crippen LogP contribution in [-0.4, -0.2) is 27.9 Å². The highest BCUT2D eigenvalue weighted by atomic mass is 16.4. The van der Waals surface area contributed by atoms with Crippen molar-refractivity contribution in [2.45, 2.75) is 13.3 Å². The van der Waals surface area contributed by atoms with Crippen LogP contribution < -0.4 is 5.43 Å². The molecule has 3 N–H and O–H groups in total. The van der Waals surface area contributed by atoms with E-state index in [1.165, 1.54) is 0 Å². The number of rotatable bonds is 5. The summed E-state index contributed by atoms with van der Waals surface area (Å²) in [6.07, 6.45) is 0.730. The average molecular weight is 236 g/mol. The molecule has 0 aliphatic heterocycles. The lowest BCUT2D eigenvalue weighted by Crippen LogP contribution is -2.24. The van der Waals surface area contributed by atoms with Gasteiger partial charge in [-0.05, 0) is 18.1 Å². The lowest BCUT2D eigenvalue weighted by Gasteiger charge is -2.06. The molecule has 0 saturated carbocycles. The Morgan fingerprint density at radius 2 is 1.82 bits per heavy atom. The summed E-state index contributed by atoms with van der Waals surface area (Å²) in [7, 11) is 0. The monoisotopic (exact) mass is 236 g/mol. The highest BCUT2D eigenvalue weighted by Gasteiger charge is 2.18. The Labute approximate surface area is 97.6 Å². The topological polar surface area (TPSA) is 99.0 Å². The minimum atomic E-state index is -1.58. The Bertz CT molecular complexity index is 452. The number of hydrazone groups is 1. The van der Waals surface area contributed by atoms with E-state index < -0.39 is 17.7 Å². The summed E-state index contributed by atoms with van der Waals surface area (Å²) in [5.74, 6) is -3.17. The number of carbonyl (C=O) groups is 2. The quantitative estimate of drug-likeness (QED) is 0.405. The standard InChI is InChI=1S/C11H12N2O4/c1-2-7-5-3-4-6-8(7)12-13-9(10(14)15)11(16)17/h3-6,12H,2H2,1H3,(H,14,15)(H,16,17). The molecule has 6 nitrogen and oxygen atoms in total. The summed E-state index contributed by atoms with van der Waals surface area (Å²) in [4.78, 5) is 21.1. The molecule has 1 aromatic rings. The highest BCUT2D eigenvalue weighted by molar-refractivity contribution is 6.61. The first-order chi connectivity index (χ1) is 8.06. The van der Waals surface area contributed by atoms with Crippen molar-refractivity contribution in [2.75, 3.05) is 5.43 Å². The van der Waals surface area contributed by atoms with Gasteiger partial charge >= 0.3 is 11.9 Å². The van der Waals surface area contributed by atoms with Gasteiger partial charge in [-0.25, -0.2) is 9.59 Å². The summed E-state index contributed by atoms with van der Waals surface area (Å²) in [5, 5.41) is 20.6. The van der Waals surface area contributed by atoms with Crippen molar-refractivity contribution >= 4 is 23.3 Å². The molecule has 0 unspecified atom stereocenters. The third-order valence-corrected chi connectivity index (χ3v) is 2.09. The number of nitrogens with one attached hydrogen (secondary N) is 1. The maximum atomic E-state index is 10.6. The smallest absolute Gasteiger partial charge is 0.364 e. The number of hydrogen-bond acceptors (Lipinski definition) is 4. The lowest BCUT2D eigenvalue weighted by molar-refractivity contribution is -0.134. The van der Waals surface area contributed by atoms with E-state index in [2.05, 4.69) is 10.5 Å². The number of para-hydroxylation sites is 1. The molecular weight excluding hydrogens is 224 g/mol. The molecule has 17 heavy (non-hydrogen) atoms. The van der Waals surface area contributed by atoms with Crippen molar-refractivity contribution in [2.24, 2.45) is 5.10 Å². The number of carboxylic acid groups (broad SMARTS) is 2. The van der Waals surface area contributed by atoms with Crippen molar-refractivity contribution in [1.29, 1.82) is 0 Å². The van der Waals surface area contributed by atoms with E-state index in [1.54, 1.807) is 12.1 Å². The van der Waals surface area contributed by atoms with Gasteiger partial charge < -0.3 is 10.2 Å². The van der Waals surface area contributed by atoms with Crippen molar-refractivity contribution in [3.8, 4) is 0 Å². The molecule has 0 aliphatic carbocycles. The SMILES string of the molecule is CCc1ccccc1NN=C(C(=O)O)C(=O)O. The van der Waals surface area contributed by atoms with E-state index in [0.29, 0.717) is 5.69 Å². The van der Waals surface area contributed by atoms with Gasteiger partial charge in [0.15, 0.2) is 0 Å². The van der Waals surface area contributed by atoms with E-state index in [1.807, 2.05) is 19.1 Å². The van der Waals surface area contributed by atoms with Crippen LogP contribution in [0, 0.1) is 0 Å². The third-order valence-electron chi connectivity index (χ3n) is 2.09. The van der Waals surface area contributed by atoms with Crippen LogP contribution in [0.3, 0.4) is 0 Å². The van der Waals surface area contributed by atoms with Crippen molar-refractivity contribution in [3.63, 3.8) is 0 Å².